The fourth-order valence-electron chi connectivity index (χ4n) is 1.49. The summed E-state index contributed by atoms with van der Waals surface area (Å²) in [6, 6.07) is 6.26. The van der Waals surface area contributed by atoms with Crippen LogP contribution in [-0.4, -0.2) is 42.7 Å². The lowest BCUT2D eigenvalue weighted by Crippen LogP contribution is -2.33. The van der Waals surface area contributed by atoms with Crippen molar-refractivity contribution < 1.29 is 19.4 Å². The third kappa shape index (κ3) is 3.88. The number of hydrogen-bond acceptors (Lipinski definition) is 4. The van der Waals surface area contributed by atoms with Crippen LogP contribution in [0.4, 0.5) is 10.5 Å². The summed E-state index contributed by atoms with van der Waals surface area (Å²) in [4.78, 5) is 23.6. The van der Waals surface area contributed by atoms with Gasteiger partial charge in [0.15, 0.2) is 0 Å². The van der Waals surface area contributed by atoms with Crippen molar-refractivity contribution >= 4 is 17.7 Å². The third-order valence-electron chi connectivity index (χ3n) is 2.61. The van der Waals surface area contributed by atoms with Gasteiger partial charge in [-0.25, -0.2) is 4.79 Å². The van der Waals surface area contributed by atoms with Crippen molar-refractivity contribution in [3.63, 3.8) is 0 Å². The van der Waals surface area contributed by atoms with Crippen LogP contribution in [0.2, 0.25) is 0 Å². The topological polar surface area (TPSA) is 103 Å². The molecule has 0 aliphatic heterocycles. The van der Waals surface area contributed by atoms with Gasteiger partial charge in [-0.1, -0.05) is 6.07 Å². The highest BCUT2D eigenvalue weighted by molar-refractivity contribution is 5.92. The number of nitrogens with zero attached hydrogens (tertiary/aromatic N) is 2. The van der Waals surface area contributed by atoms with Crippen LogP contribution < -0.4 is 10.1 Å². The van der Waals surface area contributed by atoms with Crippen LogP contribution in [-0.2, 0) is 4.79 Å². The number of aliphatic carboxylic acids is 1. The molecule has 2 amide bonds. The molecule has 7 nitrogen and oxygen atoms in total. The summed E-state index contributed by atoms with van der Waals surface area (Å²) < 4.78 is 5.09. The van der Waals surface area contributed by atoms with Gasteiger partial charge in [0.25, 0.3) is 0 Å². The Hall–Kier alpha value is -2.75. The molecule has 20 heavy (non-hydrogen) atoms. The number of hydrogen-bond donors (Lipinski definition) is 2. The highest BCUT2D eigenvalue weighted by Gasteiger charge is 2.15. The largest absolute Gasteiger partial charge is 0.495 e. The fourth-order valence-corrected chi connectivity index (χ4v) is 1.49. The highest BCUT2D eigenvalue weighted by atomic mass is 16.5. The molecule has 2 N–H and O–H groups in total. The Balaban J connectivity index is 2.85. The van der Waals surface area contributed by atoms with Crippen LogP contribution in [0.15, 0.2) is 18.2 Å². The van der Waals surface area contributed by atoms with Crippen LogP contribution in [0, 0.1) is 11.3 Å². The molecule has 0 fully saturated rings. The van der Waals surface area contributed by atoms with Crippen molar-refractivity contribution in [2.75, 3.05) is 26.0 Å². The minimum atomic E-state index is -0.986. The Morgan fingerprint density at radius 2 is 2.20 bits per heavy atom. The summed E-state index contributed by atoms with van der Waals surface area (Å²) >= 11 is 0. The molecule has 0 radical (unpaired) electrons. The maximum absolute atomic E-state index is 11.9. The first-order chi connectivity index (χ1) is 9.49. The van der Waals surface area contributed by atoms with Crippen LogP contribution in [0.5, 0.6) is 5.75 Å². The lowest BCUT2D eigenvalue weighted by atomic mass is 10.2. The molecule has 0 unspecified atom stereocenters. The van der Waals surface area contributed by atoms with E-state index in [2.05, 4.69) is 5.32 Å². The summed E-state index contributed by atoms with van der Waals surface area (Å²) in [6.45, 7) is 0.0677. The maximum atomic E-state index is 11.9. The zero-order valence-electron chi connectivity index (χ0n) is 11.2. The summed E-state index contributed by atoms with van der Waals surface area (Å²) in [7, 11) is 2.90. The molecule has 0 aliphatic carbocycles. The average Bonchev–Trinajstić information content (AvgIpc) is 2.44. The molecule has 7 heteroatoms. The Labute approximate surface area is 116 Å². The van der Waals surface area contributed by atoms with E-state index >= 15 is 0 Å². The second-order valence-corrected chi connectivity index (χ2v) is 3.99. The number of amides is 2. The predicted molar refractivity (Wildman–Crippen MR) is 71.6 cm³/mol. The van der Waals surface area contributed by atoms with Crippen LogP contribution in [0.1, 0.15) is 12.0 Å². The normalized spacial score (nSPS) is 9.45. The number of carboxylic acid groups (broad SMARTS) is 1. The molecule has 1 aromatic carbocycles. The number of para-hydroxylation sites is 1. The average molecular weight is 277 g/mol. The number of methoxy groups -OCH3 is 1. The lowest BCUT2D eigenvalue weighted by Gasteiger charge is -2.18. The number of benzene rings is 1. The van der Waals surface area contributed by atoms with Gasteiger partial charge in [0.2, 0.25) is 0 Å². The Bertz CT molecular complexity index is 551. The molecule has 1 rings (SSSR count). The second kappa shape index (κ2) is 6.99. The zero-order valence-corrected chi connectivity index (χ0v) is 11.2. The van der Waals surface area contributed by atoms with Crippen molar-refractivity contribution in [2.45, 2.75) is 6.42 Å². The molecule has 1 aromatic rings. The standard InChI is InChI=1S/C13H15N3O4/c1-16(7-6-11(17)18)13(19)15-12-9(8-14)4-3-5-10(12)20-2/h3-5H,6-7H2,1-2H3,(H,15,19)(H,17,18). The van der Waals surface area contributed by atoms with E-state index in [9.17, 15) is 9.59 Å². The molecule has 0 spiro atoms. The molecule has 0 aliphatic rings. The number of rotatable bonds is 5. The van der Waals surface area contributed by atoms with E-state index in [4.69, 9.17) is 15.1 Å². The van der Waals surface area contributed by atoms with Crippen molar-refractivity contribution in [2.24, 2.45) is 0 Å². The molecule has 106 valence electrons. The smallest absolute Gasteiger partial charge is 0.321 e. The van der Waals surface area contributed by atoms with Crippen molar-refractivity contribution in [1.29, 1.82) is 5.26 Å². The molecular weight excluding hydrogens is 262 g/mol. The Kier molecular flexibility index (Phi) is 5.35. The number of urea groups is 1. The molecule has 0 atom stereocenters. The number of carbonyl (C=O) groups excluding carboxylic acids is 1. The SMILES string of the molecule is COc1cccc(C#N)c1NC(=O)N(C)CCC(=O)O. The number of anilines is 1. The molecule has 0 heterocycles. The highest BCUT2D eigenvalue weighted by Crippen LogP contribution is 2.27. The van der Waals surface area contributed by atoms with Crippen molar-refractivity contribution in [3.8, 4) is 11.8 Å². The monoisotopic (exact) mass is 277 g/mol. The number of carboxylic acids is 1. The summed E-state index contributed by atoms with van der Waals surface area (Å²) in [5.74, 6) is -0.622. The van der Waals surface area contributed by atoms with Crippen LogP contribution in [0.25, 0.3) is 0 Å². The number of nitrogens with one attached hydrogen (secondary N) is 1. The van der Waals surface area contributed by atoms with Gasteiger partial charge in [-0.05, 0) is 12.1 Å². The lowest BCUT2D eigenvalue weighted by molar-refractivity contribution is -0.137. The van der Waals surface area contributed by atoms with E-state index in [1.807, 2.05) is 6.07 Å². The van der Waals surface area contributed by atoms with Gasteiger partial charge in [-0.3, -0.25) is 4.79 Å². The quantitative estimate of drug-likeness (QED) is 0.849. The van der Waals surface area contributed by atoms with Crippen molar-refractivity contribution in [1.82, 2.24) is 4.90 Å². The number of nitriles is 1. The number of ether oxygens (including phenoxy) is 1. The van der Waals surface area contributed by atoms with Gasteiger partial charge in [0.1, 0.15) is 17.5 Å². The summed E-state index contributed by atoms with van der Waals surface area (Å²) in [5, 5.41) is 20.1. The summed E-state index contributed by atoms with van der Waals surface area (Å²) in [6.07, 6.45) is -0.152. The van der Waals surface area contributed by atoms with E-state index < -0.39 is 12.0 Å². The third-order valence-corrected chi connectivity index (χ3v) is 2.61. The van der Waals surface area contributed by atoms with Gasteiger partial charge in [0.05, 0.1) is 19.1 Å². The first-order valence-electron chi connectivity index (χ1n) is 5.80. The van der Waals surface area contributed by atoms with Crippen molar-refractivity contribution in [3.05, 3.63) is 23.8 Å². The van der Waals surface area contributed by atoms with Gasteiger partial charge >= 0.3 is 12.0 Å². The molecule has 0 bridgehead atoms. The van der Waals surface area contributed by atoms with Gasteiger partial charge in [-0.15, -0.1) is 0 Å². The van der Waals surface area contributed by atoms with Crippen LogP contribution in [0.3, 0.4) is 0 Å². The minimum absolute atomic E-state index is 0.0677. The molecule has 0 saturated carbocycles. The van der Waals surface area contributed by atoms with Gasteiger partial charge < -0.3 is 20.1 Å². The Morgan fingerprint density at radius 3 is 2.75 bits per heavy atom. The zero-order chi connectivity index (χ0) is 15.1. The first kappa shape index (κ1) is 15.3. The second-order valence-electron chi connectivity index (χ2n) is 3.99. The molecule has 0 saturated heterocycles. The minimum Gasteiger partial charge on any atom is -0.495 e. The van der Waals surface area contributed by atoms with E-state index in [1.54, 1.807) is 18.2 Å². The van der Waals surface area contributed by atoms with Crippen LogP contribution >= 0.6 is 0 Å². The molecule has 0 aromatic heterocycles. The van der Waals surface area contributed by atoms with Gasteiger partial charge in [-0.2, -0.15) is 5.26 Å². The van der Waals surface area contributed by atoms with E-state index in [0.717, 1.165) is 0 Å². The molecular formula is C13H15N3O4. The first-order valence-corrected chi connectivity index (χ1v) is 5.80. The van der Waals surface area contributed by atoms with E-state index in [0.29, 0.717) is 5.75 Å². The maximum Gasteiger partial charge on any atom is 0.321 e. The van der Waals surface area contributed by atoms with Gasteiger partial charge in [0, 0.05) is 13.6 Å². The summed E-state index contributed by atoms with van der Waals surface area (Å²) in [5.41, 5.74) is 0.536. The number of carbonyl (C=O) groups is 2. The van der Waals surface area contributed by atoms with E-state index in [1.165, 1.54) is 19.1 Å². The Morgan fingerprint density at radius 1 is 1.50 bits per heavy atom. The fraction of sp³-hybridized carbons (Fsp3) is 0.308. The predicted octanol–water partition coefficient (Wildman–Crippen LogP) is 1.51. The van der Waals surface area contributed by atoms with E-state index in [-0.39, 0.29) is 24.2 Å².